The van der Waals surface area contributed by atoms with E-state index in [4.69, 9.17) is 10.00 Å². The van der Waals surface area contributed by atoms with Crippen LogP contribution in [0.5, 0.6) is 5.75 Å². The van der Waals surface area contributed by atoms with Crippen molar-refractivity contribution in [1.82, 2.24) is 14.9 Å². The molecule has 1 N–H and O–H groups in total. The molecular weight excluding hydrogens is 495 g/mol. The van der Waals surface area contributed by atoms with Gasteiger partial charge >= 0.3 is 0 Å². The van der Waals surface area contributed by atoms with Gasteiger partial charge < -0.3 is 15.0 Å². The second kappa shape index (κ2) is 10.3. The smallest absolute Gasteiger partial charge is 0.266 e. The minimum absolute atomic E-state index is 0.119. The zero-order valence-corrected chi connectivity index (χ0v) is 21.0. The Morgan fingerprint density at radius 2 is 2.05 bits per heavy atom. The highest BCUT2D eigenvalue weighted by Gasteiger charge is 2.27. The van der Waals surface area contributed by atoms with E-state index in [0.29, 0.717) is 44.2 Å². The van der Waals surface area contributed by atoms with Crippen LogP contribution in [-0.2, 0) is 11.2 Å². The maximum atomic E-state index is 14.9. The zero-order chi connectivity index (χ0) is 27.0. The van der Waals surface area contributed by atoms with Crippen molar-refractivity contribution >= 4 is 28.2 Å². The van der Waals surface area contributed by atoms with Crippen LogP contribution in [0.15, 0.2) is 30.3 Å². The minimum Gasteiger partial charge on any atom is -0.492 e. The van der Waals surface area contributed by atoms with Gasteiger partial charge in [-0.2, -0.15) is 5.26 Å². The normalized spacial score (nSPS) is 15.6. The Hall–Kier alpha value is -4.13. The first kappa shape index (κ1) is 25.5. The third-order valence-electron chi connectivity index (χ3n) is 7.00. The van der Waals surface area contributed by atoms with Crippen molar-refractivity contribution in [3.63, 3.8) is 0 Å². The Kier molecular flexibility index (Phi) is 6.93. The van der Waals surface area contributed by atoms with E-state index in [-0.39, 0.29) is 17.9 Å². The second-order valence-corrected chi connectivity index (χ2v) is 9.42. The van der Waals surface area contributed by atoms with E-state index >= 15 is 0 Å². The summed E-state index contributed by atoms with van der Waals surface area (Å²) in [6.45, 7) is 4.86. The minimum atomic E-state index is -2.91. The quantitative estimate of drug-likeness (QED) is 0.451. The van der Waals surface area contributed by atoms with Crippen LogP contribution in [0, 0.1) is 24.1 Å². The van der Waals surface area contributed by atoms with Crippen LogP contribution in [0.2, 0.25) is 0 Å². The molecule has 38 heavy (non-hydrogen) atoms. The van der Waals surface area contributed by atoms with Gasteiger partial charge in [-0.25, -0.2) is 23.1 Å². The Bertz CT molecular complexity index is 1500. The van der Waals surface area contributed by atoms with E-state index in [1.54, 1.807) is 18.7 Å². The fourth-order valence-electron chi connectivity index (χ4n) is 5.10. The fraction of sp³-hybridized carbons (Fsp3) is 0.357. The topological polar surface area (TPSA) is 91.1 Å². The number of amides is 1. The van der Waals surface area contributed by atoms with Gasteiger partial charge in [-0.1, -0.05) is 24.3 Å². The van der Waals surface area contributed by atoms with Gasteiger partial charge in [-0.15, -0.1) is 0 Å². The van der Waals surface area contributed by atoms with Gasteiger partial charge in [0, 0.05) is 41.6 Å². The standard InChI is InChI=1S/C28H26F3N5O2/c1-15(18-4-3-5-19(24(18)29)27(30)31)33-28-22-14-21(17-7-11-36(12-8-17)23(37)6-10-32)26-20(9-13-38-26)25(22)34-16(2)35-28/h3-5,7,14-15,27H,6,8-9,11-13H2,1-2H3,(H,33,34,35). The lowest BCUT2D eigenvalue weighted by Crippen LogP contribution is -2.34. The number of hydrogen-bond donors (Lipinski definition) is 1. The molecule has 5 rings (SSSR count). The van der Waals surface area contributed by atoms with Crippen LogP contribution < -0.4 is 10.1 Å². The molecular formula is C28H26F3N5O2. The predicted octanol–water partition coefficient (Wildman–Crippen LogP) is 5.65. The number of benzene rings is 2. The Morgan fingerprint density at radius 3 is 2.76 bits per heavy atom. The Balaban J connectivity index is 1.55. The molecule has 196 valence electrons. The number of alkyl halides is 2. The molecule has 1 atom stereocenters. The molecule has 10 heteroatoms. The number of aromatic nitrogens is 2. The maximum Gasteiger partial charge on any atom is 0.266 e. The lowest BCUT2D eigenvalue weighted by Gasteiger charge is -2.27. The Labute approximate surface area is 217 Å². The number of ether oxygens (including phenoxy) is 1. The van der Waals surface area contributed by atoms with E-state index in [2.05, 4.69) is 15.3 Å². The summed E-state index contributed by atoms with van der Waals surface area (Å²) in [4.78, 5) is 23.1. The number of carbonyl (C=O) groups is 1. The molecule has 3 aromatic rings. The first-order valence-corrected chi connectivity index (χ1v) is 12.4. The van der Waals surface area contributed by atoms with Gasteiger partial charge in [-0.3, -0.25) is 4.79 Å². The summed E-state index contributed by atoms with van der Waals surface area (Å²) in [6, 6.07) is 7.19. The molecule has 2 aromatic carbocycles. The number of halogens is 3. The highest BCUT2D eigenvalue weighted by Crippen LogP contribution is 2.42. The number of carbonyl (C=O) groups excluding carboxylic acids is 1. The molecule has 2 aliphatic heterocycles. The Morgan fingerprint density at radius 1 is 1.26 bits per heavy atom. The number of fused-ring (bicyclic) bond motifs is 3. The maximum absolute atomic E-state index is 14.9. The largest absolute Gasteiger partial charge is 0.492 e. The molecule has 1 aromatic heterocycles. The zero-order valence-electron chi connectivity index (χ0n) is 21.0. The first-order chi connectivity index (χ1) is 18.3. The molecule has 1 amide bonds. The van der Waals surface area contributed by atoms with Crippen molar-refractivity contribution < 1.29 is 22.7 Å². The van der Waals surface area contributed by atoms with E-state index in [1.165, 1.54) is 12.1 Å². The number of hydrogen-bond acceptors (Lipinski definition) is 6. The molecule has 0 bridgehead atoms. The number of anilines is 1. The highest BCUT2D eigenvalue weighted by molar-refractivity contribution is 5.97. The molecule has 7 nitrogen and oxygen atoms in total. The van der Waals surface area contributed by atoms with Crippen LogP contribution >= 0.6 is 0 Å². The third-order valence-corrected chi connectivity index (χ3v) is 7.00. The summed E-state index contributed by atoms with van der Waals surface area (Å²) >= 11 is 0. The van der Waals surface area contributed by atoms with Crippen molar-refractivity contribution in [2.75, 3.05) is 25.0 Å². The summed E-state index contributed by atoms with van der Waals surface area (Å²) in [7, 11) is 0. The number of nitrogens with one attached hydrogen (secondary N) is 1. The van der Waals surface area contributed by atoms with Gasteiger partial charge in [0.2, 0.25) is 5.91 Å². The molecule has 1 unspecified atom stereocenters. The lowest BCUT2D eigenvalue weighted by molar-refractivity contribution is -0.129. The molecule has 0 saturated heterocycles. The molecule has 0 aliphatic carbocycles. The molecule has 0 fully saturated rings. The van der Waals surface area contributed by atoms with Gasteiger partial charge in [0.05, 0.1) is 29.8 Å². The predicted molar refractivity (Wildman–Crippen MR) is 136 cm³/mol. The summed E-state index contributed by atoms with van der Waals surface area (Å²) in [6.07, 6.45) is 0.163. The second-order valence-electron chi connectivity index (χ2n) is 9.42. The van der Waals surface area contributed by atoms with Crippen LogP contribution in [0.4, 0.5) is 19.0 Å². The van der Waals surface area contributed by atoms with E-state index < -0.39 is 23.8 Å². The summed E-state index contributed by atoms with van der Waals surface area (Å²) in [5, 5.41) is 12.8. The molecule has 2 aliphatic rings. The highest BCUT2D eigenvalue weighted by atomic mass is 19.3. The van der Waals surface area contributed by atoms with Gasteiger partial charge in [0.1, 0.15) is 29.6 Å². The van der Waals surface area contributed by atoms with E-state index in [0.717, 1.165) is 39.4 Å². The van der Waals surface area contributed by atoms with Crippen molar-refractivity contribution in [2.24, 2.45) is 0 Å². The summed E-state index contributed by atoms with van der Waals surface area (Å²) in [5.74, 6) is 0.610. The lowest BCUT2D eigenvalue weighted by atomic mass is 9.93. The van der Waals surface area contributed by atoms with Crippen molar-refractivity contribution in [1.29, 1.82) is 5.26 Å². The molecule has 3 heterocycles. The number of rotatable bonds is 6. The molecule has 0 saturated carbocycles. The van der Waals surface area contributed by atoms with Crippen LogP contribution in [0.3, 0.4) is 0 Å². The van der Waals surface area contributed by atoms with Gasteiger partial charge in [-0.05, 0) is 31.9 Å². The van der Waals surface area contributed by atoms with Gasteiger partial charge in [0.25, 0.3) is 6.43 Å². The number of aryl methyl sites for hydroxylation is 1. The average molecular weight is 522 g/mol. The monoisotopic (exact) mass is 521 g/mol. The number of nitrogens with zero attached hydrogens (tertiary/aromatic N) is 4. The average Bonchev–Trinajstić information content (AvgIpc) is 3.39. The van der Waals surface area contributed by atoms with Crippen LogP contribution in [0.25, 0.3) is 16.5 Å². The van der Waals surface area contributed by atoms with E-state index in [1.807, 2.05) is 18.2 Å². The first-order valence-electron chi connectivity index (χ1n) is 12.4. The van der Waals surface area contributed by atoms with Crippen molar-refractivity contribution in [3.05, 3.63) is 64.2 Å². The SMILES string of the molecule is Cc1nc(NC(C)c2cccc(C(F)F)c2F)c2cc(C3=CCN(C(=O)CC#N)CC3)c3c(c2n1)CCO3. The van der Waals surface area contributed by atoms with Crippen LogP contribution in [0.1, 0.15) is 60.3 Å². The van der Waals surface area contributed by atoms with Crippen molar-refractivity contribution in [2.45, 2.75) is 45.6 Å². The summed E-state index contributed by atoms with van der Waals surface area (Å²) < 4.78 is 47.5. The molecule has 0 radical (unpaired) electrons. The van der Waals surface area contributed by atoms with E-state index in [9.17, 15) is 18.0 Å². The molecule has 0 spiro atoms. The number of nitriles is 1. The van der Waals surface area contributed by atoms with Crippen LogP contribution in [-0.4, -0.2) is 40.5 Å². The fourth-order valence-corrected chi connectivity index (χ4v) is 5.10. The summed E-state index contributed by atoms with van der Waals surface area (Å²) in [5.41, 5.74) is 3.06. The third kappa shape index (κ3) is 4.64. The van der Waals surface area contributed by atoms with Crippen molar-refractivity contribution in [3.8, 4) is 11.8 Å². The van der Waals surface area contributed by atoms with Gasteiger partial charge in [0.15, 0.2) is 0 Å².